The lowest BCUT2D eigenvalue weighted by molar-refractivity contribution is -0.128. The van der Waals surface area contributed by atoms with Gasteiger partial charge >= 0.3 is 0 Å². The predicted molar refractivity (Wildman–Crippen MR) is 63.0 cm³/mol. The van der Waals surface area contributed by atoms with E-state index in [1.54, 1.807) is 31.1 Å². The van der Waals surface area contributed by atoms with Crippen LogP contribution >= 0.6 is 0 Å². The first-order valence-electron chi connectivity index (χ1n) is 5.07. The van der Waals surface area contributed by atoms with Crippen LogP contribution in [0.1, 0.15) is 12.0 Å². The number of nitriles is 1. The van der Waals surface area contributed by atoms with Crippen molar-refractivity contribution in [2.75, 3.05) is 26.0 Å². The Kier molecular flexibility index (Phi) is 4.34. The summed E-state index contributed by atoms with van der Waals surface area (Å²) in [6.45, 7) is 0.575. The summed E-state index contributed by atoms with van der Waals surface area (Å²) in [4.78, 5) is 12.9. The van der Waals surface area contributed by atoms with E-state index in [0.717, 1.165) is 5.69 Å². The van der Waals surface area contributed by atoms with Gasteiger partial charge in [0.05, 0.1) is 11.6 Å². The van der Waals surface area contributed by atoms with Crippen molar-refractivity contribution >= 4 is 11.6 Å². The first kappa shape index (κ1) is 12.1. The molecule has 0 bridgehead atoms. The number of amides is 1. The highest BCUT2D eigenvalue weighted by atomic mass is 16.2. The van der Waals surface area contributed by atoms with Gasteiger partial charge in [-0.15, -0.1) is 0 Å². The van der Waals surface area contributed by atoms with Crippen LogP contribution in [0.25, 0.3) is 0 Å². The molecule has 0 saturated carbocycles. The Bertz CT molecular complexity index is 407. The van der Waals surface area contributed by atoms with E-state index in [4.69, 9.17) is 5.26 Å². The molecule has 1 rings (SSSR count). The molecular formula is C12H15N3O. The summed E-state index contributed by atoms with van der Waals surface area (Å²) < 4.78 is 0. The van der Waals surface area contributed by atoms with Crippen molar-refractivity contribution in [1.82, 2.24) is 4.90 Å². The maximum Gasteiger partial charge on any atom is 0.223 e. The molecule has 0 saturated heterocycles. The van der Waals surface area contributed by atoms with Crippen LogP contribution in [0.5, 0.6) is 0 Å². The molecule has 1 amide bonds. The van der Waals surface area contributed by atoms with Gasteiger partial charge in [0.2, 0.25) is 5.91 Å². The number of hydrogen-bond donors (Lipinski definition) is 1. The molecule has 0 aliphatic carbocycles. The maximum absolute atomic E-state index is 11.3. The van der Waals surface area contributed by atoms with E-state index >= 15 is 0 Å². The number of anilines is 1. The fourth-order valence-corrected chi connectivity index (χ4v) is 1.24. The average Bonchev–Trinajstić information content (AvgIpc) is 2.29. The third-order valence-corrected chi connectivity index (χ3v) is 2.16. The molecule has 4 nitrogen and oxygen atoms in total. The molecule has 0 aromatic heterocycles. The van der Waals surface area contributed by atoms with Crippen molar-refractivity contribution in [3.63, 3.8) is 0 Å². The monoisotopic (exact) mass is 217 g/mol. The Morgan fingerprint density at radius 2 is 2.25 bits per heavy atom. The Balaban J connectivity index is 2.43. The SMILES string of the molecule is CN(C)C(=O)CCNc1cccc(C#N)c1. The van der Waals surface area contributed by atoms with Crippen LogP contribution in [0.15, 0.2) is 24.3 Å². The molecule has 1 aromatic carbocycles. The molecule has 0 fully saturated rings. The Labute approximate surface area is 95.5 Å². The highest BCUT2D eigenvalue weighted by Crippen LogP contribution is 2.09. The molecule has 1 aromatic rings. The highest BCUT2D eigenvalue weighted by molar-refractivity contribution is 5.76. The molecule has 0 unspecified atom stereocenters. The largest absolute Gasteiger partial charge is 0.384 e. The molecule has 0 aliphatic heterocycles. The molecule has 0 atom stereocenters. The minimum atomic E-state index is 0.0870. The molecule has 84 valence electrons. The normalized spacial score (nSPS) is 9.31. The second-order valence-electron chi connectivity index (χ2n) is 3.66. The summed E-state index contributed by atoms with van der Waals surface area (Å²) in [5.41, 5.74) is 1.48. The van der Waals surface area contributed by atoms with Gasteiger partial charge in [-0.1, -0.05) is 6.07 Å². The number of nitrogens with zero attached hydrogens (tertiary/aromatic N) is 2. The lowest BCUT2D eigenvalue weighted by Crippen LogP contribution is -2.23. The third kappa shape index (κ3) is 3.62. The second-order valence-corrected chi connectivity index (χ2v) is 3.66. The zero-order chi connectivity index (χ0) is 12.0. The predicted octanol–water partition coefficient (Wildman–Crippen LogP) is 1.45. The van der Waals surface area contributed by atoms with E-state index in [9.17, 15) is 4.79 Å². The number of hydrogen-bond acceptors (Lipinski definition) is 3. The minimum Gasteiger partial charge on any atom is -0.384 e. The van der Waals surface area contributed by atoms with Gasteiger partial charge in [0, 0.05) is 32.7 Å². The van der Waals surface area contributed by atoms with E-state index in [2.05, 4.69) is 11.4 Å². The van der Waals surface area contributed by atoms with Gasteiger partial charge in [0.15, 0.2) is 0 Å². The van der Waals surface area contributed by atoms with Gasteiger partial charge < -0.3 is 10.2 Å². The fourth-order valence-electron chi connectivity index (χ4n) is 1.24. The molecule has 0 spiro atoms. The number of rotatable bonds is 4. The smallest absolute Gasteiger partial charge is 0.223 e. The summed E-state index contributed by atoms with van der Waals surface area (Å²) >= 11 is 0. The molecule has 0 aliphatic rings. The minimum absolute atomic E-state index is 0.0870. The van der Waals surface area contributed by atoms with Crippen molar-refractivity contribution in [2.45, 2.75) is 6.42 Å². The van der Waals surface area contributed by atoms with Crippen LogP contribution in [0.3, 0.4) is 0 Å². The van der Waals surface area contributed by atoms with Crippen molar-refractivity contribution in [3.8, 4) is 6.07 Å². The van der Waals surface area contributed by atoms with Crippen LogP contribution in [0.2, 0.25) is 0 Å². The van der Waals surface area contributed by atoms with Crippen LogP contribution in [-0.4, -0.2) is 31.4 Å². The van der Waals surface area contributed by atoms with Gasteiger partial charge in [-0.2, -0.15) is 5.26 Å². The van der Waals surface area contributed by atoms with Crippen LogP contribution < -0.4 is 5.32 Å². The van der Waals surface area contributed by atoms with Crippen molar-refractivity contribution in [3.05, 3.63) is 29.8 Å². The molecule has 4 heteroatoms. The first-order valence-corrected chi connectivity index (χ1v) is 5.07. The van der Waals surface area contributed by atoms with E-state index in [1.165, 1.54) is 0 Å². The molecular weight excluding hydrogens is 202 g/mol. The number of nitrogens with one attached hydrogen (secondary N) is 1. The van der Waals surface area contributed by atoms with Crippen molar-refractivity contribution in [1.29, 1.82) is 5.26 Å². The highest BCUT2D eigenvalue weighted by Gasteiger charge is 2.02. The number of carbonyl (C=O) groups is 1. The fraction of sp³-hybridized carbons (Fsp3) is 0.333. The Morgan fingerprint density at radius 1 is 1.50 bits per heavy atom. The standard InChI is InChI=1S/C12H15N3O/c1-15(2)12(16)6-7-14-11-5-3-4-10(8-11)9-13/h3-5,8,14H,6-7H2,1-2H3. The van der Waals surface area contributed by atoms with Crippen LogP contribution in [0, 0.1) is 11.3 Å². The van der Waals surface area contributed by atoms with Crippen molar-refractivity contribution in [2.24, 2.45) is 0 Å². The van der Waals surface area contributed by atoms with Gasteiger partial charge in [0.1, 0.15) is 0 Å². The van der Waals surface area contributed by atoms with Crippen molar-refractivity contribution < 1.29 is 4.79 Å². The Morgan fingerprint density at radius 3 is 2.88 bits per heavy atom. The van der Waals surface area contributed by atoms with Crippen LogP contribution in [-0.2, 0) is 4.79 Å². The van der Waals surface area contributed by atoms with E-state index in [1.807, 2.05) is 12.1 Å². The van der Waals surface area contributed by atoms with Gasteiger partial charge in [-0.25, -0.2) is 0 Å². The van der Waals surface area contributed by atoms with Gasteiger partial charge in [-0.3, -0.25) is 4.79 Å². The topological polar surface area (TPSA) is 56.1 Å². The van der Waals surface area contributed by atoms with E-state index < -0.39 is 0 Å². The Hall–Kier alpha value is -2.02. The summed E-state index contributed by atoms with van der Waals surface area (Å²) in [6, 6.07) is 9.27. The lowest BCUT2D eigenvalue weighted by atomic mass is 10.2. The first-order chi connectivity index (χ1) is 7.63. The quantitative estimate of drug-likeness (QED) is 0.830. The lowest BCUT2D eigenvalue weighted by Gasteiger charge is -2.11. The van der Waals surface area contributed by atoms with Crippen LogP contribution in [0.4, 0.5) is 5.69 Å². The summed E-state index contributed by atoms with van der Waals surface area (Å²) in [7, 11) is 3.47. The summed E-state index contributed by atoms with van der Waals surface area (Å²) in [5, 5.41) is 11.8. The molecule has 1 N–H and O–H groups in total. The maximum atomic E-state index is 11.3. The zero-order valence-electron chi connectivity index (χ0n) is 9.53. The molecule has 0 heterocycles. The molecule has 16 heavy (non-hydrogen) atoms. The van der Waals surface area contributed by atoms with Gasteiger partial charge in [-0.05, 0) is 18.2 Å². The van der Waals surface area contributed by atoms with Gasteiger partial charge in [0.25, 0.3) is 0 Å². The molecule has 0 radical (unpaired) electrons. The summed E-state index contributed by atoms with van der Waals surface area (Å²) in [5.74, 6) is 0.0870. The average molecular weight is 217 g/mol. The number of benzene rings is 1. The summed E-state index contributed by atoms with van der Waals surface area (Å²) in [6.07, 6.45) is 0.448. The van der Waals surface area contributed by atoms with E-state index in [-0.39, 0.29) is 5.91 Å². The number of carbonyl (C=O) groups excluding carboxylic acids is 1. The second kappa shape index (κ2) is 5.76. The third-order valence-electron chi connectivity index (χ3n) is 2.16. The van der Waals surface area contributed by atoms with E-state index in [0.29, 0.717) is 18.5 Å². The zero-order valence-corrected chi connectivity index (χ0v) is 9.53.